The second-order valence-corrected chi connectivity index (χ2v) is 6.20. The zero-order valence-electron chi connectivity index (χ0n) is 13.1. The summed E-state index contributed by atoms with van der Waals surface area (Å²) in [6.07, 6.45) is 1.06. The Kier molecular flexibility index (Phi) is 6.16. The van der Waals surface area contributed by atoms with E-state index in [0.717, 1.165) is 10.9 Å². The molecule has 0 fully saturated rings. The average molecular weight is 380 g/mol. The van der Waals surface area contributed by atoms with Gasteiger partial charge in [-0.1, -0.05) is 26.0 Å². The Morgan fingerprint density at radius 3 is 2.74 bits per heavy atom. The Bertz CT molecular complexity index is 690. The molecule has 1 atom stereocenters. The molecule has 122 valence electrons. The van der Waals surface area contributed by atoms with Crippen LogP contribution in [-0.2, 0) is 4.79 Å². The maximum Gasteiger partial charge on any atom is 0.262 e. The van der Waals surface area contributed by atoms with Gasteiger partial charge >= 0.3 is 0 Å². The highest BCUT2D eigenvalue weighted by Crippen LogP contribution is 2.30. The summed E-state index contributed by atoms with van der Waals surface area (Å²) in [5.74, 6) is 0.337. The number of hydrogen-bond donors (Lipinski definition) is 1. The Morgan fingerprint density at radius 1 is 1.30 bits per heavy atom. The van der Waals surface area contributed by atoms with Crippen LogP contribution in [0.5, 0.6) is 5.75 Å². The largest absolute Gasteiger partial charge is 0.483 e. The summed E-state index contributed by atoms with van der Waals surface area (Å²) in [5, 5.41) is 2.59. The number of carbonyl (C=O) groups excluding carboxylic acids is 1. The van der Waals surface area contributed by atoms with Gasteiger partial charge in [0.15, 0.2) is 6.61 Å². The zero-order chi connectivity index (χ0) is 16.8. The van der Waals surface area contributed by atoms with E-state index in [4.69, 9.17) is 4.74 Å². The van der Waals surface area contributed by atoms with Gasteiger partial charge in [-0.25, -0.2) is 4.39 Å². The highest BCUT2D eigenvalue weighted by atomic mass is 79.9. The number of hydrogen-bond acceptors (Lipinski definition) is 2. The topological polar surface area (TPSA) is 38.3 Å². The van der Waals surface area contributed by atoms with Crippen molar-refractivity contribution in [1.29, 1.82) is 0 Å². The number of ether oxygens (including phenoxy) is 1. The van der Waals surface area contributed by atoms with E-state index in [0.29, 0.717) is 17.4 Å². The van der Waals surface area contributed by atoms with E-state index in [9.17, 15) is 9.18 Å². The fourth-order valence-electron chi connectivity index (χ4n) is 2.08. The summed E-state index contributed by atoms with van der Waals surface area (Å²) < 4.78 is 19.4. The van der Waals surface area contributed by atoms with Crippen LogP contribution in [-0.4, -0.2) is 12.5 Å². The third-order valence-corrected chi connectivity index (χ3v) is 4.22. The molecule has 3 nitrogen and oxygen atoms in total. The smallest absolute Gasteiger partial charge is 0.262 e. The van der Waals surface area contributed by atoms with E-state index in [2.05, 4.69) is 35.1 Å². The SMILES string of the molecule is CCC(C)c1ccc(OCC(=O)Nc2cccc(F)c2)c(Br)c1. The highest BCUT2D eigenvalue weighted by molar-refractivity contribution is 9.10. The molecule has 0 saturated heterocycles. The molecule has 0 aromatic heterocycles. The van der Waals surface area contributed by atoms with Gasteiger partial charge < -0.3 is 10.1 Å². The average Bonchev–Trinajstić information content (AvgIpc) is 2.53. The minimum atomic E-state index is -0.396. The third-order valence-electron chi connectivity index (χ3n) is 3.60. The minimum Gasteiger partial charge on any atom is -0.483 e. The van der Waals surface area contributed by atoms with Crippen molar-refractivity contribution < 1.29 is 13.9 Å². The van der Waals surface area contributed by atoms with Gasteiger partial charge in [-0.3, -0.25) is 4.79 Å². The lowest BCUT2D eigenvalue weighted by molar-refractivity contribution is -0.118. The number of amides is 1. The van der Waals surface area contributed by atoms with E-state index in [1.54, 1.807) is 6.07 Å². The van der Waals surface area contributed by atoms with Crippen LogP contribution < -0.4 is 10.1 Å². The van der Waals surface area contributed by atoms with Gasteiger partial charge in [0, 0.05) is 5.69 Å². The molecule has 1 N–H and O–H groups in total. The molecular weight excluding hydrogens is 361 g/mol. The lowest BCUT2D eigenvalue weighted by Crippen LogP contribution is -2.20. The molecule has 0 aliphatic rings. The molecule has 0 bridgehead atoms. The first-order valence-corrected chi connectivity index (χ1v) is 8.26. The third kappa shape index (κ3) is 5.06. The van der Waals surface area contributed by atoms with Crippen LogP contribution in [0.25, 0.3) is 0 Å². The molecule has 23 heavy (non-hydrogen) atoms. The van der Waals surface area contributed by atoms with Crippen molar-refractivity contribution in [2.24, 2.45) is 0 Å². The molecule has 0 aliphatic carbocycles. The van der Waals surface area contributed by atoms with Crippen LogP contribution in [0.4, 0.5) is 10.1 Å². The number of nitrogens with one attached hydrogen (secondary N) is 1. The monoisotopic (exact) mass is 379 g/mol. The predicted octanol–water partition coefficient (Wildman–Crippen LogP) is 5.12. The van der Waals surface area contributed by atoms with E-state index >= 15 is 0 Å². The van der Waals surface area contributed by atoms with Crippen LogP contribution in [0.15, 0.2) is 46.9 Å². The lowest BCUT2D eigenvalue weighted by Gasteiger charge is -2.13. The van der Waals surface area contributed by atoms with Crippen LogP contribution in [0.3, 0.4) is 0 Å². The van der Waals surface area contributed by atoms with Crippen LogP contribution in [0.1, 0.15) is 31.7 Å². The van der Waals surface area contributed by atoms with Crippen LogP contribution in [0, 0.1) is 5.82 Å². The van der Waals surface area contributed by atoms with E-state index in [1.807, 2.05) is 18.2 Å². The molecule has 1 amide bonds. The lowest BCUT2D eigenvalue weighted by atomic mass is 9.99. The van der Waals surface area contributed by atoms with Crippen LogP contribution >= 0.6 is 15.9 Å². The number of benzene rings is 2. The summed E-state index contributed by atoms with van der Waals surface area (Å²) in [4.78, 5) is 11.9. The van der Waals surface area contributed by atoms with Crippen LogP contribution in [0.2, 0.25) is 0 Å². The summed E-state index contributed by atoms with van der Waals surface area (Å²) in [7, 11) is 0. The van der Waals surface area contributed by atoms with Gasteiger partial charge in [0.25, 0.3) is 5.91 Å². The number of halogens is 2. The Labute approximate surface area is 144 Å². The maximum absolute atomic E-state index is 13.1. The quantitative estimate of drug-likeness (QED) is 0.756. The van der Waals surface area contributed by atoms with Gasteiger partial charge in [-0.2, -0.15) is 0 Å². The summed E-state index contributed by atoms with van der Waals surface area (Å²) in [6.45, 7) is 4.16. The molecule has 0 heterocycles. The van der Waals surface area contributed by atoms with Gasteiger partial charge in [0.2, 0.25) is 0 Å². The molecule has 0 spiro atoms. The molecular formula is C18H19BrFNO2. The molecule has 2 aromatic carbocycles. The van der Waals surface area contributed by atoms with E-state index in [-0.39, 0.29) is 12.5 Å². The second-order valence-electron chi connectivity index (χ2n) is 5.35. The number of rotatable bonds is 6. The van der Waals surface area contributed by atoms with Gasteiger partial charge in [0.1, 0.15) is 11.6 Å². The summed E-state index contributed by atoms with van der Waals surface area (Å²) in [5.41, 5.74) is 1.63. The van der Waals surface area contributed by atoms with Crippen molar-refractivity contribution >= 4 is 27.5 Å². The van der Waals surface area contributed by atoms with Crippen molar-refractivity contribution in [3.05, 3.63) is 58.3 Å². The maximum atomic E-state index is 13.1. The van der Waals surface area contributed by atoms with Crippen molar-refractivity contribution in [3.8, 4) is 5.75 Å². The molecule has 2 aromatic rings. The Balaban J connectivity index is 1.94. The first kappa shape index (κ1) is 17.5. The first-order valence-electron chi connectivity index (χ1n) is 7.47. The molecule has 0 radical (unpaired) electrons. The normalized spacial score (nSPS) is 11.8. The van der Waals surface area contributed by atoms with E-state index in [1.165, 1.54) is 23.8 Å². The Morgan fingerprint density at radius 2 is 2.09 bits per heavy atom. The zero-order valence-corrected chi connectivity index (χ0v) is 14.7. The second kappa shape index (κ2) is 8.11. The van der Waals surface area contributed by atoms with Crippen molar-refractivity contribution in [2.75, 3.05) is 11.9 Å². The van der Waals surface area contributed by atoms with Gasteiger partial charge in [0.05, 0.1) is 4.47 Å². The Hall–Kier alpha value is -1.88. The van der Waals surface area contributed by atoms with E-state index < -0.39 is 5.82 Å². The highest BCUT2D eigenvalue weighted by Gasteiger charge is 2.09. The van der Waals surface area contributed by atoms with Gasteiger partial charge in [-0.15, -0.1) is 0 Å². The predicted molar refractivity (Wildman–Crippen MR) is 93.4 cm³/mol. The summed E-state index contributed by atoms with van der Waals surface area (Å²) >= 11 is 3.46. The standard InChI is InChI=1S/C18H19BrFNO2/c1-3-12(2)13-7-8-17(16(19)9-13)23-11-18(22)21-15-6-4-5-14(20)10-15/h4-10,12H,3,11H2,1-2H3,(H,21,22). The van der Waals surface area contributed by atoms with Crippen molar-refractivity contribution in [2.45, 2.75) is 26.2 Å². The fraction of sp³-hybridized carbons (Fsp3) is 0.278. The fourth-order valence-corrected chi connectivity index (χ4v) is 2.59. The molecule has 1 unspecified atom stereocenters. The minimum absolute atomic E-state index is 0.141. The molecule has 0 saturated carbocycles. The van der Waals surface area contributed by atoms with Crippen molar-refractivity contribution in [3.63, 3.8) is 0 Å². The molecule has 5 heteroatoms. The van der Waals surface area contributed by atoms with Crippen molar-refractivity contribution in [1.82, 2.24) is 0 Å². The summed E-state index contributed by atoms with van der Waals surface area (Å²) in [6, 6.07) is 11.6. The number of carbonyl (C=O) groups is 1. The van der Waals surface area contributed by atoms with Gasteiger partial charge in [-0.05, 0) is 64.2 Å². The molecule has 2 rings (SSSR count). The molecule has 0 aliphatic heterocycles. The first-order chi connectivity index (χ1) is 11.0. The number of anilines is 1.